The Morgan fingerprint density at radius 1 is 1.64 bits per heavy atom. The Hall–Kier alpha value is -1.36. The van der Waals surface area contributed by atoms with Gasteiger partial charge in [-0.25, -0.2) is 4.79 Å². The van der Waals surface area contributed by atoms with Crippen molar-refractivity contribution in [2.45, 2.75) is 20.0 Å². The van der Waals surface area contributed by atoms with Crippen LogP contribution in [0.5, 0.6) is 0 Å². The summed E-state index contributed by atoms with van der Waals surface area (Å²) in [5.74, 6) is 0.0499. The predicted molar refractivity (Wildman–Crippen MR) is 47.8 cm³/mol. The second kappa shape index (κ2) is 5.39. The number of carbonyl (C=O) groups excluding carboxylic acids is 1. The third-order valence-electron chi connectivity index (χ3n) is 1.49. The van der Waals surface area contributed by atoms with Gasteiger partial charge in [-0.15, -0.1) is 0 Å². The van der Waals surface area contributed by atoms with Crippen molar-refractivity contribution in [3.8, 4) is 0 Å². The van der Waals surface area contributed by atoms with Crippen LogP contribution in [-0.4, -0.2) is 24.8 Å². The summed E-state index contributed by atoms with van der Waals surface area (Å²) >= 11 is 0. The van der Waals surface area contributed by atoms with Crippen molar-refractivity contribution in [3.05, 3.63) is 17.5 Å². The van der Waals surface area contributed by atoms with E-state index in [2.05, 4.69) is 5.16 Å². The molecule has 0 saturated carbocycles. The highest BCUT2D eigenvalue weighted by Crippen LogP contribution is 2.06. The minimum atomic E-state index is -0.460. The lowest BCUT2D eigenvalue weighted by atomic mass is 10.4. The number of ether oxygens (including phenoxy) is 2. The van der Waals surface area contributed by atoms with Crippen LogP contribution in [0.15, 0.2) is 10.6 Å². The number of aromatic nitrogens is 1. The molecular weight excluding hydrogens is 186 g/mol. The highest BCUT2D eigenvalue weighted by Gasteiger charge is 2.13. The largest absolute Gasteiger partial charge is 0.461 e. The van der Waals surface area contributed by atoms with Crippen LogP contribution < -0.4 is 0 Å². The summed E-state index contributed by atoms with van der Waals surface area (Å²) in [6.45, 7) is 2.62. The third-order valence-corrected chi connectivity index (χ3v) is 1.49. The van der Waals surface area contributed by atoms with E-state index in [0.29, 0.717) is 19.0 Å². The number of esters is 1. The van der Waals surface area contributed by atoms with Crippen molar-refractivity contribution in [1.29, 1.82) is 0 Å². The normalized spacial score (nSPS) is 10.1. The van der Waals surface area contributed by atoms with Crippen LogP contribution in [0.4, 0.5) is 0 Å². The van der Waals surface area contributed by atoms with E-state index in [0.717, 1.165) is 6.42 Å². The summed E-state index contributed by atoms with van der Waals surface area (Å²) in [4.78, 5) is 11.2. The first-order valence-corrected chi connectivity index (χ1v) is 4.39. The molecule has 0 saturated heterocycles. The summed E-state index contributed by atoms with van der Waals surface area (Å²) in [7, 11) is 1.54. The van der Waals surface area contributed by atoms with Gasteiger partial charge in [-0.1, -0.05) is 12.1 Å². The number of hydrogen-bond acceptors (Lipinski definition) is 5. The van der Waals surface area contributed by atoms with Gasteiger partial charge in [-0.2, -0.15) is 0 Å². The van der Waals surface area contributed by atoms with Gasteiger partial charge in [-0.3, -0.25) is 0 Å². The summed E-state index contributed by atoms with van der Waals surface area (Å²) in [5, 5.41) is 3.56. The SMILES string of the molecule is CCCOC(=O)c1cc(COC)on1. The van der Waals surface area contributed by atoms with Gasteiger partial charge in [0.15, 0.2) is 11.5 Å². The fourth-order valence-electron chi connectivity index (χ4n) is 0.888. The lowest BCUT2D eigenvalue weighted by Gasteiger charge is -1.97. The maximum absolute atomic E-state index is 11.2. The van der Waals surface area contributed by atoms with E-state index in [1.807, 2.05) is 6.92 Å². The van der Waals surface area contributed by atoms with Gasteiger partial charge in [0.2, 0.25) is 0 Å². The topological polar surface area (TPSA) is 61.6 Å². The summed E-state index contributed by atoms with van der Waals surface area (Å²) in [6.07, 6.45) is 0.786. The number of hydrogen-bond donors (Lipinski definition) is 0. The second-order valence-electron chi connectivity index (χ2n) is 2.75. The second-order valence-corrected chi connectivity index (χ2v) is 2.75. The first-order valence-electron chi connectivity index (χ1n) is 4.39. The molecule has 0 N–H and O–H groups in total. The zero-order valence-electron chi connectivity index (χ0n) is 8.28. The van der Waals surface area contributed by atoms with Crippen LogP contribution >= 0.6 is 0 Å². The molecule has 5 heteroatoms. The van der Waals surface area contributed by atoms with Crippen LogP contribution in [0.2, 0.25) is 0 Å². The zero-order valence-corrected chi connectivity index (χ0v) is 8.28. The monoisotopic (exact) mass is 199 g/mol. The van der Waals surface area contributed by atoms with Gasteiger partial charge in [0.1, 0.15) is 6.61 Å². The standard InChI is InChI=1S/C9H13NO4/c1-3-4-13-9(11)8-5-7(6-12-2)14-10-8/h5H,3-4,6H2,1-2H3. The van der Waals surface area contributed by atoms with Crippen molar-refractivity contribution in [2.75, 3.05) is 13.7 Å². The lowest BCUT2D eigenvalue weighted by molar-refractivity contribution is 0.0493. The van der Waals surface area contributed by atoms with Crippen LogP contribution in [0.1, 0.15) is 29.6 Å². The minimum absolute atomic E-state index is 0.186. The molecule has 0 fully saturated rings. The van der Waals surface area contributed by atoms with Gasteiger partial charge >= 0.3 is 5.97 Å². The Bertz CT molecular complexity index is 295. The Morgan fingerprint density at radius 2 is 2.43 bits per heavy atom. The Kier molecular flexibility index (Phi) is 4.12. The molecule has 1 aromatic heterocycles. The van der Waals surface area contributed by atoms with Crippen molar-refractivity contribution in [2.24, 2.45) is 0 Å². The minimum Gasteiger partial charge on any atom is -0.461 e. The number of methoxy groups -OCH3 is 1. The average Bonchev–Trinajstić information content (AvgIpc) is 2.63. The fraction of sp³-hybridized carbons (Fsp3) is 0.556. The number of rotatable bonds is 5. The number of carbonyl (C=O) groups is 1. The molecule has 1 heterocycles. The Labute approximate surface area is 82.0 Å². The molecule has 5 nitrogen and oxygen atoms in total. The molecule has 0 aromatic carbocycles. The van der Waals surface area contributed by atoms with Crippen LogP contribution in [0, 0.1) is 0 Å². The van der Waals surface area contributed by atoms with Crippen LogP contribution in [0.3, 0.4) is 0 Å². The average molecular weight is 199 g/mol. The molecule has 14 heavy (non-hydrogen) atoms. The van der Waals surface area contributed by atoms with Crippen molar-refractivity contribution in [3.63, 3.8) is 0 Å². The third kappa shape index (κ3) is 2.85. The van der Waals surface area contributed by atoms with Gasteiger partial charge in [0.05, 0.1) is 6.61 Å². The van der Waals surface area contributed by atoms with E-state index >= 15 is 0 Å². The van der Waals surface area contributed by atoms with Crippen LogP contribution in [0.25, 0.3) is 0 Å². The molecule has 0 bridgehead atoms. The van der Waals surface area contributed by atoms with Crippen LogP contribution in [-0.2, 0) is 16.1 Å². The molecule has 0 radical (unpaired) electrons. The smallest absolute Gasteiger partial charge is 0.360 e. The fourth-order valence-corrected chi connectivity index (χ4v) is 0.888. The van der Waals surface area contributed by atoms with E-state index in [-0.39, 0.29) is 5.69 Å². The van der Waals surface area contributed by atoms with E-state index < -0.39 is 5.97 Å². The quantitative estimate of drug-likeness (QED) is 0.670. The molecule has 1 aromatic rings. The molecule has 0 aliphatic heterocycles. The van der Waals surface area contributed by atoms with E-state index in [1.165, 1.54) is 13.2 Å². The summed E-state index contributed by atoms with van der Waals surface area (Å²) in [6, 6.07) is 1.52. The maximum atomic E-state index is 11.2. The first-order chi connectivity index (χ1) is 6.77. The maximum Gasteiger partial charge on any atom is 0.360 e. The van der Waals surface area contributed by atoms with E-state index in [9.17, 15) is 4.79 Å². The predicted octanol–water partition coefficient (Wildman–Crippen LogP) is 1.39. The molecule has 0 aliphatic carbocycles. The van der Waals surface area contributed by atoms with Crippen molar-refractivity contribution < 1.29 is 18.8 Å². The molecule has 0 amide bonds. The van der Waals surface area contributed by atoms with Gasteiger partial charge < -0.3 is 14.0 Å². The molecular formula is C9H13NO4. The lowest BCUT2D eigenvalue weighted by Crippen LogP contribution is -2.05. The number of nitrogens with zero attached hydrogens (tertiary/aromatic N) is 1. The summed E-state index contributed by atoms with van der Waals surface area (Å²) in [5.41, 5.74) is 0.186. The molecule has 0 spiro atoms. The van der Waals surface area contributed by atoms with Gasteiger partial charge in [-0.05, 0) is 6.42 Å². The molecule has 0 atom stereocenters. The first kappa shape index (κ1) is 10.7. The molecule has 78 valence electrons. The summed E-state index contributed by atoms with van der Waals surface area (Å²) < 4.78 is 14.5. The molecule has 0 unspecified atom stereocenters. The van der Waals surface area contributed by atoms with Gasteiger partial charge in [0.25, 0.3) is 0 Å². The molecule has 1 rings (SSSR count). The Balaban J connectivity index is 2.53. The van der Waals surface area contributed by atoms with Crippen molar-refractivity contribution >= 4 is 5.97 Å². The van der Waals surface area contributed by atoms with E-state index in [1.54, 1.807) is 0 Å². The highest BCUT2D eigenvalue weighted by atomic mass is 16.5. The Morgan fingerprint density at radius 3 is 3.07 bits per heavy atom. The molecule has 0 aliphatic rings. The van der Waals surface area contributed by atoms with E-state index in [4.69, 9.17) is 14.0 Å². The zero-order chi connectivity index (χ0) is 10.4. The van der Waals surface area contributed by atoms with Gasteiger partial charge in [0, 0.05) is 13.2 Å². The van der Waals surface area contributed by atoms with Crippen molar-refractivity contribution in [1.82, 2.24) is 5.16 Å². The highest BCUT2D eigenvalue weighted by molar-refractivity contribution is 5.87.